The molecule has 29 heavy (non-hydrogen) atoms. The van der Waals surface area contributed by atoms with Gasteiger partial charge in [-0.2, -0.15) is 0 Å². The number of benzene rings is 2. The first-order valence-corrected chi connectivity index (χ1v) is 21.5. The van der Waals surface area contributed by atoms with Gasteiger partial charge in [0.2, 0.25) is 0 Å². The molecule has 160 valence electrons. The summed E-state index contributed by atoms with van der Waals surface area (Å²) in [6.45, 7) is 13.8. The minimum absolute atomic E-state index is 0.177. The summed E-state index contributed by atoms with van der Waals surface area (Å²) in [5, 5.41) is 3.35. The van der Waals surface area contributed by atoms with Gasteiger partial charge in [0.15, 0.2) is 0 Å². The van der Waals surface area contributed by atoms with Crippen molar-refractivity contribution in [3.8, 4) is 0 Å². The van der Waals surface area contributed by atoms with Crippen molar-refractivity contribution in [3.05, 3.63) is 57.6 Å². The van der Waals surface area contributed by atoms with Gasteiger partial charge in [0, 0.05) is 0 Å². The van der Waals surface area contributed by atoms with Crippen LogP contribution in [-0.2, 0) is 38.5 Å². The van der Waals surface area contributed by atoms with E-state index >= 15 is 0 Å². The molecule has 0 bridgehead atoms. The SMILES string of the molecule is CCc1cc(CC)c([SiH]c2c(CC)cc(CC)cc2CC)c(CC)c1.[CH3][Sn]([CH3])[CH3]. The van der Waals surface area contributed by atoms with E-state index < -0.39 is 19.8 Å². The first-order chi connectivity index (χ1) is 13.8. The Labute approximate surface area is 191 Å². The summed E-state index contributed by atoms with van der Waals surface area (Å²) in [4.78, 5) is 7.09. The molecule has 0 aliphatic carbocycles. The molecule has 0 saturated carbocycles. The maximum absolute atomic E-state index is 2.47. The van der Waals surface area contributed by atoms with Crippen LogP contribution >= 0.6 is 0 Å². The minimum atomic E-state index is -0.543. The van der Waals surface area contributed by atoms with Crippen molar-refractivity contribution < 1.29 is 0 Å². The summed E-state index contributed by atoms with van der Waals surface area (Å²) >= 11 is -0.543. The van der Waals surface area contributed by atoms with E-state index in [1.807, 2.05) is 0 Å². The Morgan fingerprint density at radius 2 is 0.759 bits per heavy atom. The average Bonchev–Trinajstić information content (AvgIpc) is 2.72. The fourth-order valence-corrected chi connectivity index (χ4v) is 5.98. The molecule has 0 heterocycles. The summed E-state index contributed by atoms with van der Waals surface area (Å²) in [7, 11) is 0.177. The zero-order chi connectivity index (χ0) is 22.0. The Morgan fingerprint density at radius 3 is 0.931 bits per heavy atom. The van der Waals surface area contributed by atoms with Crippen molar-refractivity contribution in [1.82, 2.24) is 0 Å². The summed E-state index contributed by atoms with van der Waals surface area (Å²) < 4.78 is 0. The molecular formula is C27H44SiSn. The molecule has 0 saturated heterocycles. The first kappa shape index (κ1) is 26.5. The number of hydrogen-bond donors (Lipinski definition) is 0. The van der Waals surface area contributed by atoms with E-state index in [1.54, 1.807) is 32.6 Å². The molecule has 0 aromatic heterocycles. The van der Waals surface area contributed by atoms with E-state index in [4.69, 9.17) is 0 Å². The molecule has 0 aliphatic heterocycles. The molecule has 0 amide bonds. The molecular weight excluding hydrogens is 471 g/mol. The molecule has 0 atom stereocenters. The van der Waals surface area contributed by atoms with Crippen molar-refractivity contribution in [3.63, 3.8) is 0 Å². The van der Waals surface area contributed by atoms with Crippen molar-refractivity contribution in [2.24, 2.45) is 0 Å². The van der Waals surface area contributed by atoms with Crippen LogP contribution in [0.1, 0.15) is 74.9 Å². The molecule has 0 fully saturated rings. The van der Waals surface area contributed by atoms with Gasteiger partial charge in [-0.05, 0) is 71.9 Å². The van der Waals surface area contributed by atoms with Gasteiger partial charge in [-0.1, -0.05) is 76.2 Å². The summed E-state index contributed by atoms with van der Waals surface area (Å²) in [5.41, 5.74) is 9.38. The third-order valence-electron chi connectivity index (χ3n) is 5.45. The Hall–Kier alpha value is -0.544. The van der Waals surface area contributed by atoms with E-state index in [2.05, 4.69) is 80.6 Å². The normalized spacial score (nSPS) is 10.8. The van der Waals surface area contributed by atoms with Gasteiger partial charge < -0.3 is 0 Å². The second-order valence-corrected chi connectivity index (χ2v) is 18.4. The predicted octanol–water partition coefficient (Wildman–Crippen LogP) is 5.82. The fourth-order valence-electron chi connectivity index (χ4n) is 3.80. The molecule has 0 spiro atoms. The third-order valence-corrected chi connectivity index (χ3v) is 7.51. The van der Waals surface area contributed by atoms with E-state index in [1.165, 1.54) is 11.1 Å². The van der Waals surface area contributed by atoms with Gasteiger partial charge in [-0.3, -0.25) is 0 Å². The number of rotatable bonds is 8. The summed E-state index contributed by atoms with van der Waals surface area (Å²) in [5.74, 6) is 0. The summed E-state index contributed by atoms with van der Waals surface area (Å²) in [6.07, 6.45) is 6.89. The van der Waals surface area contributed by atoms with Gasteiger partial charge in [0.05, 0.1) is 0 Å². The van der Waals surface area contributed by atoms with Crippen LogP contribution in [0.3, 0.4) is 0 Å². The Morgan fingerprint density at radius 1 is 0.517 bits per heavy atom. The van der Waals surface area contributed by atoms with E-state index in [0.29, 0.717) is 0 Å². The maximum atomic E-state index is 2.47. The van der Waals surface area contributed by atoms with Gasteiger partial charge >= 0.3 is 34.6 Å². The van der Waals surface area contributed by atoms with Crippen LogP contribution in [0.4, 0.5) is 0 Å². The van der Waals surface area contributed by atoms with Gasteiger partial charge in [-0.15, -0.1) is 0 Å². The van der Waals surface area contributed by atoms with E-state index in [-0.39, 0.29) is 9.52 Å². The molecule has 2 heteroatoms. The Kier molecular flexibility index (Phi) is 12.5. The van der Waals surface area contributed by atoms with Crippen LogP contribution in [0.5, 0.6) is 0 Å². The zero-order valence-electron chi connectivity index (χ0n) is 20.6. The van der Waals surface area contributed by atoms with Crippen molar-refractivity contribution >= 4 is 39.7 Å². The van der Waals surface area contributed by atoms with Crippen LogP contribution < -0.4 is 10.4 Å². The van der Waals surface area contributed by atoms with E-state index in [9.17, 15) is 0 Å². The monoisotopic (exact) mass is 516 g/mol. The molecule has 0 N–H and O–H groups in total. The number of hydrogen-bond acceptors (Lipinski definition) is 0. The molecule has 0 unspecified atom stereocenters. The molecule has 2 aromatic carbocycles. The summed E-state index contributed by atoms with van der Waals surface area (Å²) in [6, 6.07) is 9.89. The van der Waals surface area contributed by atoms with Crippen LogP contribution in [-0.4, -0.2) is 29.3 Å². The van der Waals surface area contributed by atoms with Crippen LogP contribution in [0.15, 0.2) is 24.3 Å². The topological polar surface area (TPSA) is 0 Å². The number of aryl methyl sites for hydroxylation is 6. The second kappa shape index (κ2) is 13.7. The molecule has 0 nitrogen and oxygen atoms in total. The standard InChI is InChI=1S/C24H35Si.3CH3.Sn/c1-7-17-13-19(9-3)23(20(10-4)14-17)25-24-21(11-5)15-18(8-2)16-22(24)12-6;;;;/h13-16,25H,7-12H2,1-6H3;3*1H3;. The Bertz CT molecular complexity index is 647. The predicted molar refractivity (Wildman–Crippen MR) is 139 cm³/mol. The third kappa shape index (κ3) is 7.90. The van der Waals surface area contributed by atoms with Gasteiger partial charge in [0.1, 0.15) is 9.52 Å². The van der Waals surface area contributed by atoms with Gasteiger partial charge in [-0.25, -0.2) is 0 Å². The second-order valence-electron chi connectivity index (χ2n) is 8.42. The molecule has 0 aliphatic rings. The zero-order valence-corrected chi connectivity index (χ0v) is 24.6. The average molecular weight is 515 g/mol. The van der Waals surface area contributed by atoms with Crippen molar-refractivity contribution in [1.29, 1.82) is 0 Å². The van der Waals surface area contributed by atoms with Crippen LogP contribution in [0, 0.1) is 0 Å². The van der Waals surface area contributed by atoms with Crippen molar-refractivity contribution in [2.45, 2.75) is 94.9 Å². The quantitative estimate of drug-likeness (QED) is 0.389. The van der Waals surface area contributed by atoms with Crippen LogP contribution in [0.2, 0.25) is 14.8 Å². The molecule has 2 aromatic rings. The van der Waals surface area contributed by atoms with Crippen LogP contribution in [0.25, 0.3) is 0 Å². The van der Waals surface area contributed by atoms with Gasteiger partial charge in [0.25, 0.3) is 0 Å². The van der Waals surface area contributed by atoms with E-state index in [0.717, 1.165) is 38.5 Å². The Balaban J connectivity index is 0.000000960. The molecule has 2 rings (SSSR count). The fraction of sp³-hybridized carbons (Fsp3) is 0.556. The van der Waals surface area contributed by atoms with Crippen molar-refractivity contribution in [2.75, 3.05) is 0 Å². The molecule has 2 radical (unpaired) electrons. The first-order valence-electron chi connectivity index (χ1n) is 11.8.